The molecule has 0 radical (unpaired) electrons. The van der Waals surface area contributed by atoms with Gasteiger partial charge in [-0.15, -0.1) is 0 Å². The molecule has 24 heavy (non-hydrogen) atoms. The van der Waals surface area contributed by atoms with E-state index in [2.05, 4.69) is 25.6 Å². The van der Waals surface area contributed by atoms with E-state index in [0.717, 1.165) is 19.3 Å². The van der Waals surface area contributed by atoms with Crippen LogP contribution >= 0.6 is 0 Å². The van der Waals surface area contributed by atoms with Crippen molar-refractivity contribution >= 4 is 5.91 Å². The Morgan fingerprint density at radius 1 is 1.33 bits per heavy atom. The maximum Gasteiger partial charge on any atom is 0.255 e. The molecule has 1 saturated carbocycles. The SMILES string of the molecule is O=C(NC1(c2ncn[nH]2)CCC1)c1cnn(-c2ccccc2F)c1. The maximum atomic E-state index is 13.8. The van der Waals surface area contributed by atoms with E-state index in [-0.39, 0.29) is 5.91 Å². The number of rotatable bonds is 4. The Morgan fingerprint density at radius 3 is 2.83 bits per heavy atom. The van der Waals surface area contributed by atoms with Crippen LogP contribution in [-0.4, -0.2) is 30.9 Å². The molecule has 1 fully saturated rings. The third kappa shape index (κ3) is 2.36. The van der Waals surface area contributed by atoms with Gasteiger partial charge in [0.05, 0.1) is 17.3 Å². The molecule has 1 aliphatic carbocycles. The van der Waals surface area contributed by atoms with Gasteiger partial charge < -0.3 is 5.32 Å². The van der Waals surface area contributed by atoms with E-state index < -0.39 is 11.4 Å². The fourth-order valence-electron chi connectivity index (χ4n) is 2.89. The highest BCUT2D eigenvalue weighted by Gasteiger charge is 2.43. The average Bonchev–Trinajstić information content (AvgIpc) is 3.23. The smallest absolute Gasteiger partial charge is 0.255 e. The van der Waals surface area contributed by atoms with Crippen LogP contribution in [-0.2, 0) is 5.54 Å². The van der Waals surface area contributed by atoms with Gasteiger partial charge in [-0.3, -0.25) is 9.89 Å². The lowest BCUT2D eigenvalue weighted by Crippen LogP contribution is -2.51. The number of H-pyrrole nitrogens is 1. The number of nitrogens with zero attached hydrogens (tertiary/aromatic N) is 4. The number of amides is 1. The normalized spacial score (nSPS) is 15.7. The van der Waals surface area contributed by atoms with Gasteiger partial charge >= 0.3 is 0 Å². The molecule has 4 rings (SSSR count). The molecule has 0 aliphatic heterocycles. The largest absolute Gasteiger partial charge is 0.339 e. The molecule has 2 aromatic heterocycles. The Morgan fingerprint density at radius 2 is 2.17 bits per heavy atom. The van der Waals surface area contributed by atoms with E-state index in [1.807, 2.05) is 0 Å². The summed E-state index contributed by atoms with van der Waals surface area (Å²) >= 11 is 0. The summed E-state index contributed by atoms with van der Waals surface area (Å²) in [5.74, 6) is -0.0121. The first-order chi connectivity index (χ1) is 11.7. The molecular formula is C16H15FN6O. The van der Waals surface area contributed by atoms with Crippen molar-refractivity contribution in [3.63, 3.8) is 0 Å². The third-order valence-corrected chi connectivity index (χ3v) is 4.37. The number of halogens is 1. The maximum absolute atomic E-state index is 13.8. The van der Waals surface area contributed by atoms with E-state index >= 15 is 0 Å². The molecule has 0 unspecified atom stereocenters. The van der Waals surface area contributed by atoms with Crippen molar-refractivity contribution in [3.8, 4) is 5.69 Å². The number of hydrogen-bond acceptors (Lipinski definition) is 4. The van der Waals surface area contributed by atoms with Gasteiger partial charge in [-0.25, -0.2) is 14.1 Å². The van der Waals surface area contributed by atoms with Crippen molar-refractivity contribution in [3.05, 3.63) is 60.2 Å². The van der Waals surface area contributed by atoms with Gasteiger partial charge in [0.2, 0.25) is 0 Å². The minimum atomic E-state index is -0.506. The van der Waals surface area contributed by atoms with Crippen molar-refractivity contribution in [1.29, 1.82) is 0 Å². The molecule has 8 heteroatoms. The molecule has 0 saturated heterocycles. The lowest BCUT2D eigenvalue weighted by atomic mass is 9.76. The highest BCUT2D eigenvalue weighted by atomic mass is 19.1. The number of para-hydroxylation sites is 1. The van der Waals surface area contributed by atoms with Crippen molar-refractivity contribution < 1.29 is 9.18 Å². The van der Waals surface area contributed by atoms with Crippen LogP contribution in [0.2, 0.25) is 0 Å². The zero-order valence-electron chi connectivity index (χ0n) is 12.7. The third-order valence-electron chi connectivity index (χ3n) is 4.37. The zero-order chi connectivity index (χ0) is 16.6. The van der Waals surface area contributed by atoms with Gasteiger partial charge in [-0.05, 0) is 31.4 Å². The van der Waals surface area contributed by atoms with Crippen LogP contribution in [0.25, 0.3) is 5.69 Å². The second-order valence-electron chi connectivity index (χ2n) is 5.85. The number of aromatic amines is 1. The molecule has 0 atom stereocenters. The fraction of sp³-hybridized carbons (Fsp3) is 0.250. The molecular weight excluding hydrogens is 311 g/mol. The number of nitrogens with one attached hydrogen (secondary N) is 2. The summed E-state index contributed by atoms with van der Waals surface area (Å²) < 4.78 is 15.2. The zero-order valence-corrected chi connectivity index (χ0v) is 12.7. The van der Waals surface area contributed by atoms with Gasteiger partial charge in [0.1, 0.15) is 23.7 Å². The van der Waals surface area contributed by atoms with Crippen LogP contribution in [0.5, 0.6) is 0 Å². The van der Waals surface area contributed by atoms with Gasteiger partial charge in [0, 0.05) is 6.20 Å². The molecule has 2 N–H and O–H groups in total. The monoisotopic (exact) mass is 326 g/mol. The molecule has 1 amide bonds. The Bertz CT molecular complexity index is 868. The lowest BCUT2D eigenvalue weighted by molar-refractivity contribution is 0.0809. The molecule has 122 valence electrons. The van der Waals surface area contributed by atoms with Gasteiger partial charge in [-0.2, -0.15) is 10.2 Å². The number of hydrogen-bond donors (Lipinski definition) is 2. The summed E-state index contributed by atoms with van der Waals surface area (Å²) in [7, 11) is 0. The van der Waals surface area contributed by atoms with Crippen LogP contribution in [0.3, 0.4) is 0 Å². The second-order valence-corrected chi connectivity index (χ2v) is 5.85. The Balaban J connectivity index is 1.57. The molecule has 0 spiro atoms. The lowest BCUT2D eigenvalue weighted by Gasteiger charge is -2.40. The number of benzene rings is 1. The second kappa shape index (κ2) is 5.55. The van der Waals surface area contributed by atoms with Crippen molar-refractivity contribution in [2.45, 2.75) is 24.8 Å². The minimum Gasteiger partial charge on any atom is -0.339 e. The fourth-order valence-corrected chi connectivity index (χ4v) is 2.89. The topological polar surface area (TPSA) is 88.5 Å². The first kappa shape index (κ1) is 14.6. The Labute approximate surface area is 136 Å². The number of carbonyl (C=O) groups is 1. The Hall–Kier alpha value is -3.03. The van der Waals surface area contributed by atoms with Crippen molar-refractivity contribution in [2.75, 3.05) is 0 Å². The van der Waals surface area contributed by atoms with Crippen LogP contribution in [0, 0.1) is 5.82 Å². The predicted octanol–water partition coefficient (Wildman–Crippen LogP) is 1.94. The average molecular weight is 326 g/mol. The number of aromatic nitrogens is 5. The summed E-state index contributed by atoms with van der Waals surface area (Å²) in [6.45, 7) is 0. The molecule has 2 heterocycles. The van der Waals surface area contributed by atoms with Crippen LogP contribution in [0.4, 0.5) is 4.39 Å². The summed E-state index contributed by atoms with van der Waals surface area (Å²) in [6.07, 6.45) is 6.98. The first-order valence-electron chi connectivity index (χ1n) is 7.66. The summed E-state index contributed by atoms with van der Waals surface area (Å²) in [5, 5.41) is 13.8. The van der Waals surface area contributed by atoms with Crippen molar-refractivity contribution in [1.82, 2.24) is 30.3 Å². The van der Waals surface area contributed by atoms with Gasteiger partial charge in [0.25, 0.3) is 5.91 Å². The van der Waals surface area contributed by atoms with Crippen molar-refractivity contribution in [2.24, 2.45) is 0 Å². The number of carbonyl (C=O) groups excluding carboxylic acids is 1. The van der Waals surface area contributed by atoms with Gasteiger partial charge in [-0.1, -0.05) is 12.1 Å². The highest BCUT2D eigenvalue weighted by Crippen LogP contribution is 2.39. The van der Waals surface area contributed by atoms with Crippen LogP contribution in [0.15, 0.2) is 43.0 Å². The molecule has 1 aliphatic rings. The molecule has 3 aromatic rings. The van der Waals surface area contributed by atoms with E-state index in [9.17, 15) is 9.18 Å². The molecule has 0 bridgehead atoms. The molecule has 7 nitrogen and oxygen atoms in total. The summed E-state index contributed by atoms with van der Waals surface area (Å²) in [5.41, 5.74) is 0.155. The summed E-state index contributed by atoms with van der Waals surface area (Å²) in [4.78, 5) is 16.7. The quantitative estimate of drug-likeness (QED) is 0.767. The first-order valence-corrected chi connectivity index (χ1v) is 7.66. The van der Waals surface area contributed by atoms with Crippen LogP contribution in [0.1, 0.15) is 35.4 Å². The molecule has 1 aromatic carbocycles. The van der Waals surface area contributed by atoms with E-state index in [0.29, 0.717) is 17.1 Å². The van der Waals surface area contributed by atoms with Gasteiger partial charge in [0.15, 0.2) is 0 Å². The standard InChI is InChI=1S/C16H15FN6O/c17-12-4-1-2-5-13(12)23-9-11(8-20-23)14(24)21-16(6-3-7-16)15-18-10-19-22-15/h1-2,4-5,8-10H,3,6-7H2,(H,21,24)(H,18,19,22). The van der Waals surface area contributed by atoms with E-state index in [4.69, 9.17) is 0 Å². The highest BCUT2D eigenvalue weighted by molar-refractivity contribution is 5.94. The Kier molecular flexibility index (Phi) is 3.37. The minimum absolute atomic E-state index is 0.270. The van der Waals surface area contributed by atoms with Crippen LogP contribution < -0.4 is 5.32 Å². The predicted molar refractivity (Wildman–Crippen MR) is 82.9 cm³/mol. The van der Waals surface area contributed by atoms with E-state index in [1.165, 1.54) is 29.5 Å². The van der Waals surface area contributed by atoms with E-state index in [1.54, 1.807) is 18.2 Å². The summed E-state index contributed by atoms with van der Waals surface area (Å²) in [6, 6.07) is 6.27.